The molecule has 0 fully saturated rings. The van der Waals surface area contributed by atoms with Crippen LogP contribution in [0.25, 0.3) is 72.4 Å². The van der Waals surface area contributed by atoms with E-state index in [-0.39, 0.29) is 10.8 Å². The van der Waals surface area contributed by atoms with Crippen LogP contribution in [0.3, 0.4) is 0 Å². The first-order valence-electron chi connectivity index (χ1n) is 18.0. The fourth-order valence-corrected chi connectivity index (χ4v) is 7.75. The van der Waals surface area contributed by atoms with E-state index < -0.39 is 0 Å². The Hall–Kier alpha value is -5.45. The van der Waals surface area contributed by atoms with Gasteiger partial charge in [0.2, 0.25) is 0 Å². The number of benzene rings is 5. The third kappa shape index (κ3) is 6.22. The van der Waals surface area contributed by atoms with Crippen LogP contribution in [0, 0.1) is 0 Å². The molecule has 0 saturated carbocycles. The maximum absolute atomic E-state index is 5.52. The fraction of sp³-hybridized carbons (Fsp3) is 0.167. The van der Waals surface area contributed by atoms with E-state index in [0.29, 0.717) is 0 Å². The van der Waals surface area contributed by atoms with Crippen LogP contribution < -0.4 is 0 Å². The minimum Gasteiger partial charge on any atom is -0.294 e. The predicted molar refractivity (Wildman–Crippen MR) is 223 cm³/mol. The number of rotatable bonds is 5. The van der Waals surface area contributed by atoms with Crippen LogP contribution in [0.5, 0.6) is 0 Å². The van der Waals surface area contributed by atoms with Crippen LogP contribution in [0.1, 0.15) is 52.7 Å². The van der Waals surface area contributed by atoms with Gasteiger partial charge < -0.3 is 0 Å². The van der Waals surface area contributed by atoms with Gasteiger partial charge in [-0.05, 0) is 98.8 Å². The smallest absolute Gasteiger partial charge is 0.146 e. The van der Waals surface area contributed by atoms with Crippen LogP contribution in [0.15, 0.2) is 151 Å². The second-order valence-electron chi connectivity index (χ2n) is 15.8. The Morgan fingerprint density at radius 3 is 1.87 bits per heavy atom. The van der Waals surface area contributed by atoms with Crippen molar-refractivity contribution in [3.05, 3.63) is 157 Å². The Morgan fingerprint density at radius 2 is 1.17 bits per heavy atom. The van der Waals surface area contributed by atoms with Gasteiger partial charge in [0, 0.05) is 38.7 Å². The van der Waals surface area contributed by atoms with E-state index in [1.54, 1.807) is 0 Å². The molecule has 0 unspecified atom stereocenters. The number of aromatic nitrogens is 3. The van der Waals surface area contributed by atoms with Crippen LogP contribution in [-0.4, -0.2) is 14.5 Å². The topological polar surface area (TPSA) is 30.7 Å². The largest absolute Gasteiger partial charge is 0.294 e. The molecule has 0 aliphatic heterocycles. The van der Waals surface area contributed by atoms with E-state index in [0.717, 1.165) is 71.7 Å². The molecule has 0 atom stereocenters. The third-order valence-electron chi connectivity index (χ3n) is 10.0. The lowest BCUT2D eigenvalue weighted by molar-refractivity contribution is 0.560. The molecular weight excluding hydrogens is 651 g/mol. The molecule has 0 N–H and O–H groups in total. The van der Waals surface area contributed by atoms with Crippen molar-refractivity contribution in [2.75, 3.05) is 0 Å². The quantitative estimate of drug-likeness (QED) is 0.182. The van der Waals surface area contributed by atoms with Crippen LogP contribution >= 0.6 is 12.6 Å². The number of fused-ring (bicyclic) bond motifs is 3. The molecule has 0 saturated heterocycles. The highest BCUT2D eigenvalue weighted by Crippen LogP contribution is 2.41. The van der Waals surface area contributed by atoms with Crippen molar-refractivity contribution in [2.24, 2.45) is 0 Å². The molecule has 3 aromatic heterocycles. The zero-order valence-corrected chi connectivity index (χ0v) is 31.5. The molecule has 8 aromatic rings. The lowest BCUT2D eigenvalue weighted by Gasteiger charge is -2.28. The molecule has 0 amide bonds. The molecule has 0 radical (unpaired) electrons. The maximum atomic E-state index is 5.52. The lowest BCUT2D eigenvalue weighted by Crippen LogP contribution is -2.17. The molecule has 0 spiro atoms. The average Bonchev–Trinajstić information content (AvgIpc) is 3.48. The molecule has 3 nitrogen and oxygen atoms in total. The van der Waals surface area contributed by atoms with E-state index in [2.05, 4.69) is 180 Å². The minimum absolute atomic E-state index is 0.0324. The predicted octanol–water partition coefficient (Wildman–Crippen LogP) is 13.1. The Balaban J connectivity index is 1.39. The van der Waals surface area contributed by atoms with E-state index >= 15 is 0 Å². The van der Waals surface area contributed by atoms with Gasteiger partial charge in [-0.15, -0.1) is 12.6 Å². The lowest BCUT2D eigenvalue weighted by atomic mass is 9.79. The van der Waals surface area contributed by atoms with Gasteiger partial charge in [0.1, 0.15) is 5.65 Å². The van der Waals surface area contributed by atoms with Crippen LogP contribution in [-0.2, 0) is 10.8 Å². The second-order valence-corrected chi connectivity index (χ2v) is 16.2. The summed E-state index contributed by atoms with van der Waals surface area (Å²) in [4.78, 5) is 11.4. The van der Waals surface area contributed by atoms with E-state index in [9.17, 15) is 0 Å². The standard InChI is InChI=1S/C48H43N3S/c1-47(2,3)36-29-40(45(52)41(30-36)48(4,5)6)42-22-21-39-38-19-13-14-20-44(38)51(46(39)50-42)37-26-34(32-17-11-8-12-18-32)25-35(27-37)43-28-33(23-24-49-43)31-15-9-7-10-16-31/h7-30,52H,1-6H3. The summed E-state index contributed by atoms with van der Waals surface area (Å²) in [5.41, 5.74) is 13.9. The van der Waals surface area contributed by atoms with Gasteiger partial charge in [0.15, 0.2) is 0 Å². The molecular formula is C48H43N3S. The van der Waals surface area contributed by atoms with E-state index in [4.69, 9.17) is 22.6 Å². The zero-order valence-electron chi connectivity index (χ0n) is 30.6. The number of hydrogen-bond acceptors (Lipinski definition) is 3. The number of thiol groups is 1. The summed E-state index contributed by atoms with van der Waals surface area (Å²) in [6.45, 7) is 13.6. The summed E-state index contributed by atoms with van der Waals surface area (Å²) >= 11 is 5.19. The molecule has 0 aliphatic rings. The monoisotopic (exact) mass is 693 g/mol. The summed E-state index contributed by atoms with van der Waals surface area (Å²) in [6, 6.07) is 49.8. The maximum Gasteiger partial charge on any atom is 0.146 e. The van der Waals surface area contributed by atoms with Crippen molar-refractivity contribution in [3.8, 4) is 50.5 Å². The van der Waals surface area contributed by atoms with Gasteiger partial charge >= 0.3 is 0 Å². The molecule has 0 bridgehead atoms. The highest BCUT2D eigenvalue weighted by molar-refractivity contribution is 7.80. The summed E-state index contributed by atoms with van der Waals surface area (Å²) in [6.07, 6.45) is 1.91. The summed E-state index contributed by atoms with van der Waals surface area (Å²) in [5.74, 6) is 0. The van der Waals surface area contributed by atoms with Crippen molar-refractivity contribution in [3.63, 3.8) is 0 Å². The minimum atomic E-state index is -0.0772. The second kappa shape index (κ2) is 13.0. The van der Waals surface area contributed by atoms with Crippen LogP contribution in [0.4, 0.5) is 0 Å². The summed E-state index contributed by atoms with van der Waals surface area (Å²) < 4.78 is 2.32. The molecule has 8 rings (SSSR count). The number of nitrogens with zero attached hydrogens (tertiary/aromatic N) is 3. The van der Waals surface area contributed by atoms with Gasteiger partial charge in [-0.1, -0.05) is 126 Å². The molecule has 3 heterocycles. The first-order valence-corrected chi connectivity index (χ1v) is 18.4. The first-order chi connectivity index (χ1) is 25.0. The highest BCUT2D eigenvalue weighted by atomic mass is 32.1. The Bertz CT molecular complexity index is 2590. The van der Waals surface area contributed by atoms with E-state index in [1.807, 2.05) is 12.3 Å². The van der Waals surface area contributed by atoms with Crippen molar-refractivity contribution in [2.45, 2.75) is 57.3 Å². The molecule has 4 heteroatoms. The highest BCUT2D eigenvalue weighted by Gasteiger charge is 2.25. The van der Waals surface area contributed by atoms with Crippen molar-refractivity contribution < 1.29 is 0 Å². The van der Waals surface area contributed by atoms with Crippen molar-refractivity contribution in [1.82, 2.24) is 14.5 Å². The van der Waals surface area contributed by atoms with Crippen molar-refractivity contribution in [1.29, 1.82) is 0 Å². The Kier molecular flexibility index (Phi) is 8.39. The third-order valence-corrected chi connectivity index (χ3v) is 10.5. The van der Waals surface area contributed by atoms with Gasteiger partial charge in [-0.2, -0.15) is 0 Å². The molecule has 0 aliphatic carbocycles. The number of para-hydroxylation sites is 1. The van der Waals surface area contributed by atoms with E-state index in [1.165, 1.54) is 16.7 Å². The van der Waals surface area contributed by atoms with Gasteiger partial charge in [0.25, 0.3) is 0 Å². The molecule has 52 heavy (non-hydrogen) atoms. The van der Waals surface area contributed by atoms with Gasteiger partial charge in [-0.3, -0.25) is 9.55 Å². The van der Waals surface area contributed by atoms with Gasteiger partial charge in [-0.25, -0.2) is 4.98 Å². The first kappa shape index (κ1) is 33.7. The average molecular weight is 694 g/mol. The summed E-state index contributed by atoms with van der Waals surface area (Å²) in [5, 5.41) is 2.27. The SMILES string of the molecule is CC(C)(C)c1cc(-c2ccc3c4ccccc4n(-c4cc(-c5ccccc5)cc(-c5cc(-c6ccccc6)ccn5)c4)c3n2)c(S)c(C(C)(C)C)c1. The molecule has 5 aromatic carbocycles. The van der Waals surface area contributed by atoms with Crippen LogP contribution in [0.2, 0.25) is 0 Å². The molecule has 256 valence electrons. The fourth-order valence-electron chi connectivity index (χ4n) is 7.17. The zero-order chi connectivity index (χ0) is 36.2. The number of pyridine rings is 2. The normalized spacial score (nSPS) is 12.1. The number of hydrogen-bond donors (Lipinski definition) is 1. The summed E-state index contributed by atoms with van der Waals surface area (Å²) in [7, 11) is 0. The van der Waals surface area contributed by atoms with Gasteiger partial charge in [0.05, 0.1) is 16.9 Å². The Labute approximate surface area is 312 Å². The van der Waals surface area contributed by atoms with Crippen molar-refractivity contribution >= 4 is 34.6 Å². The Morgan fingerprint density at radius 1 is 0.519 bits per heavy atom.